The van der Waals surface area contributed by atoms with E-state index in [1.54, 1.807) is 36.4 Å². The van der Waals surface area contributed by atoms with Gasteiger partial charge in [-0.2, -0.15) is 0 Å². The number of hydrogen-bond acceptors (Lipinski definition) is 4. The molecule has 0 aliphatic carbocycles. The number of carbonyl (C=O) groups excluding carboxylic acids is 2. The van der Waals surface area contributed by atoms with Gasteiger partial charge in [0, 0.05) is 16.6 Å². The van der Waals surface area contributed by atoms with Crippen LogP contribution in [0.5, 0.6) is 0 Å². The largest absolute Gasteiger partial charge is 0.375 e. The van der Waals surface area contributed by atoms with Crippen LogP contribution in [-0.2, 0) is 10.4 Å². The molecule has 0 fully saturated rings. The molecule has 1 N–H and O–H groups in total. The third kappa shape index (κ3) is 2.84. The van der Waals surface area contributed by atoms with Gasteiger partial charge < -0.3 is 10.0 Å². The molecular weight excluding hydrogens is 414 g/mol. The summed E-state index contributed by atoms with van der Waals surface area (Å²) < 4.78 is 1.21. The molecule has 0 bridgehead atoms. The number of thiophene rings is 1. The number of ketones is 1. The van der Waals surface area contributed by atoms with E-state index in [0.717, 1.165) is 15.8 Å². The third-order valence-corrected chi connectivity index (χ3v) is 5.64. The van der Waals surface area contributed by atoms with Crippen molar-refractivity contribution >= 4 is 56.2 Å². The van der Waals surface area contributed by atoms with E-state index in [4.69, 9.17) is 11.6 Å². The fourth-order valence-electron chi connectivity index (χ4n) is 2.79. The molecule has 24 heavy (non-hydrogen) atoms. The second-order valence-corrected chi connectivity index (χ2v) is 8.06. The average Bonchev–Trinajstić information content (AvgIpc) is 3.05. The molecule has 3 rings (SSSR count). The minimum Gasteiger partial charge on any atom is -0.375 e. The molecule has 0 unspecified atom stereocenters. The van der Waals surface area contributed by atoms with E-state index in [1.807, 2.05) is 0 Å². The number of anilines is 1. The molecule has 0 saturated heterocycles. The lowest BCUT2D eigenvalue weighted by Gasteiger charge is -2.21. The molecule has 7 heteroatoms. The van der Waals surface area contributed by atoms with Crippen molar-refractivity contribution in [3.8, 4) is 0 Å². The summed E-state index contributed by atoms with van der Waals surface area (Å²) in [6, 6.07) is 8.42. The number of halogens is 2. The van der Waals surface area contributed by atoms with Crippen LogP contribution in [0.25, 0.3) is 0 Å². The highest BCUT2D eigenvalue weighted by Crippen LogP contribution is 2.44. The van der Waals surface area contributed by atoms with Crippen LogP contribution in [0, 0.1) is 0 Å². The highest BCUT2D eigenvalue weighted by molar-refractivity contribution is 9.10. The standard InChI is InChI=1S/C17H13BrClNO3S/c1-2-7-20-12-4-3-10(18)8-11(12)17(23,16(20)22)9-13(21)14-5-6-15(19)24-14/h2-6,8,23H,1,7,9H2/t17-/m0/s1. The maximum absolute atomic E-state index is 12.8. The zero-order valence-electron chi connectivity index (χ0n) is 12.5. The van der Waals surface area contributed by atoms with Gasteiger partial charge in [-0.05, 0) is 30.3 Å². The second-order valence-electron chi connectivity index (χ2n) is 5.43. The number of amides is 1. The summed E-state index contributed by atoms with van der Waals surface area (Å²) in [5, 5.41) is 11.1. The van der Waals surface area contributed by atoms with Crippen LogP contribution >= 0.6 is 38.9 Å². The van der Waals surface area contributed by atoms with Crippen molar-refractivity contribution in [1.82, 2.24) is 0 Å². The first kappa shape index (κ1) is 17.4. The average molecular weight is 427 g/mol. The SMILES string of the molecule is C=CCN1C(=O)[C@](O)(CC(=O)c2ccc(Cl)s2)c2cc(Br)ccc21. The highest BCUT2D eigenvalue weighted by atomic mass is 79.9. The molecule has 2 aromatic rings. The normalized spacial score (nSPS) is 19.5. The van der Waals surface area contributed by atoms with Gasteiger partial charge in [0.1, 0.15) is 0 Å². The van der Waals surface area contributed by atoms with Gasteiger partial charge in [0.25, 0.3) is 5.91 Å². The molecule has 1 aromatic carbocycles. The van der Waals surface area contributed by atoms with Gasteiger partial charge in [0.15, 0.2) is 11.4 Å². The zero-order chi connectivity index (χ0) is 17.5. The minimum absolute atomic E-state index is 0.259. The molecule has 0 radical (unpaired) electrons. The molecule has 0 saturated carbocycles. The summed E-state index contributed by atoms with van der Waals surface area (Å²) >= 11 is 10.3. The molecule has 4 nitrogen and oxygen atoms in total. The fraction of sp³-hybridized carbons (Fsp3) is 0.176. The Morgan fingerprint density at radius 1 is 1.42 bits per heavy atom. The summed E-state index contributed by atoms with van der Waals surface area (Å²) in [5.41, 5.74) is -0.891. The van der Waals surface area contributed by atoms with E-state index in [-0.39, 0.29) is 18.7 Å². The van der Waals surface area contributed by atoms with Crippen LogP contribution in [0.1, 0.15) is 21.7 Å². The quantitative estimate of drug-likeness (QED) is 0.577. The number of aliphatic hydroxyl groups is 1. The predicted molar refractivity (Wildman–Crippen MR) is 98.9 cm³/mol. The molecule has 1 aliphatic rings. The topological polar surface area (TPSA) is 57.6 Å². The summed E-state index contributed by atoms with van der Waals surface area (Å²) in [6.45, 7) is 3.90. The van der Waals surface area contributed by atoms with E-state index >= 15 is 0 Å². The maximum Gasteiger partial charge on any atom is 0.264 e. The monoisotopic (exact) mass is 425 g/mol. The van der Waals surface area contributed by atoms with Crippen molar-refractivity contribution in [2.24, 2.45) is 0 Å². The number of Topliss-reactive ketones (excluding diaryl/α,β-unsaturated/α-hetero) is 1. The molecular formula is C17H13BrClNO3S. The van der Waals surface area contributed by atoms with Crippen molar-refractivity contribution in [3.05, 3.63) is 62.2 Å². The molecule has 1 atom stereocenters. The van der Waals surface area contributed by atoms with Crippen LogP contribution < -0.4 is 4.90 Å². The maximum atomic E-state index is 12.8. The Kier molecular flexibility index (Phi) is 4.66. The third-order valence-electron chi connectivity index (χ3n) is 3.87. The molecule has 1 aliphatic heterocycles. The van der Waals surface area contributed by atoms with Crippen molar-refractivity contribution in [2.45, 2.75) is 12.0 Å². The summed E-state index contributed by atoms with van der Waals surface area (Å²) in [6.07, 6.45) is 1.25. The Morgan fingerprint density at radius 2 is 2.17 bits per heavy atom. The highest BCUT2D eigenvalue weighted by Gasteiger charge is 2.50. The number of hydrogen-bond donors (Lipinski definition) is 1. The predicted octanol–water partition coefficient (Wildman–Crippen LogP) is 4.16. The fourth-order valence-corrected chi connectivity index (χ4v) is 4.13. The Labute approximate surface area is 156 Å². The van der Waals surface area contributed by atoms with Gasteiger partial charge in [0.2, 0.25) is 0 Å². The summed E-state index contributed by atoms with van der Waals surface area (Å²) in [5.74, 6) is -0.847. The van der Waals surface area contributed by atoms with Crippen LogP contribution in [0.2, 0.25) is 4.34 Å². The molecule has 0 spiro atoms. The van der Waals surface area contributed by atoms with Crippen molar-refractivity contribution in [2.75, 3.05) is 11.4 Å². The Morgan fingerprint density at radius 3 is 2.79 bits per heavy atom. The van der Waals surface area contributed by atoms with Crippen LogP contribution in [-0.4, -0.2) is 23.3 Å². The van der Waals surface area contributed by atoms with Crippen LogP contribution in [0.15, 0.2) is 47.5 Å². The Bertz CT molecular complexity index is 850. The Balaban J connectivity index is 2.02. The van der Waals surface area contributed by atoms with Crippen LogP contribution in [0.3, 0.4) is 0 Å². The molecule has 1 amide bonds. The number of rotatable bonds is 5. The molecule has 2 heterocycles. The van der Waals surface area contributed by atoms with Gasteiger partial charge in [-0.25, -0.2) is 0 Å². The lowest BCUT2D eigenvalue weighted by Crippen LogP contribution is -2.41. The minimum atomic E-state index is -1.89. The number of nitrogens with zero attached hydrogens (tertiary/aromatic N) is 1. The van der Waals surface area contributed by atoms with Crippen LogP contribution in [0.4, 0.5) is 5.69 Å². The van der Waals surface area contributed by atoms with Gasteiger partial charge in [-0.1, -0.05) is 33.6 Å². The first-order valence-electron chi connectivity index (χ1n) is 7.10. The lowest BCUT2D eigenvalue weighted by atomic mass is 9.89. The second kappa shape index (κ2) is 6.44. The molecule has 1 aromatic heterocycles. The van der Waals surface area contributed by atoms with Gasteiger partial charge in [0.05, 0.1) is 21.3 Å². The lowest BCUT2D eigenvalue weighted by molar-refractivity contribution is -0.135. The number of benzene rings is 1. The first-order valence-corrected chi connectivity index (χ1v) is 9.09. The van der Waals surface area contributed by atoms with Crippen molar-refractivity contribution in [1.29, 1.82) is 0 Å². The van der Waals surface area contributed by atoms with E-state index in [1.165, 1.54) is 4.90 Å². The zero-order valence-corrected chi connectivity index (χ0v) is 15.6. The van der Waals surface area contributed by atoms with Gasteiger partial charge in [-0.15, -0.1) is 17.9 Å². The molecule has 124 valence electrons. The number of carbonyl (C=O) groups is 2. The van der Waals surface area contributed by atoms with E-state index in [9.17, 15) is 14.7 Å². The smallest absolute Gasteiger partial charge is 0.264 e. The first-order chi connectivity index (χ1) is 11.4. The number of fused-ring (bicyclic) bond motifs is 1. The van der Waals surface area contributed by atoms with Gasteiger partial charge in [-0.3, -0.25) is 9.59 Å². The van der Waals surface area contributed by atoms with E-state index in [2.05, 4.69) is 22.5 Å². The van der Waals surface area contributed by atoms with E-state index in [0.29, 0.717) is 20.5 Å². The summed E-state index contributed by atoms with van der Waals surface area (Å²) in [4.78, 5) is 27.2. The van der Waals surface area contributed by atoms with Gasteiger partial charge >= 0.3 is 0 Å². The van der Waals surface area contributed by atoms with E-state index < -0.39 is 11.5 Å². The summed E-state index contributed by atoms with van der Waals surface area (Å²) in [7, 11) is 0. The van der Waals surface area contributed by atoms with Crippen molar-refractivity contribution < 1.29 is 14.7 Å². The Hall–Kier alpha value is -1.47. The van der Waals surface area contributed by atoms with Crippen molar-refractivity contribution in [3.63, 3.8) is 0 Å².